The second kappa shape index (κ2) is 7.43. The molecule has 1 aliphatic carbocycles. The fourth-order valence-electron chi connectivity index (χ4n) is 2.53. The van der Waals surface area contributed by atoms with Crippen molar-refractivity contribution in [3.63, 3.8) is 0 Å². The van der Waals surface area contributed by atoms with E-state index < -0.39 is 0 Å². The van der Waals surface area contributed by atoms with Crippen LogP contribution in [0.5, 0.6) is 0 Å². The number of rotatable bonds is 3. The van der Waals surface area contributed by atoms with E-state index in [0.29, 0.717) is 11.3 Å². The molecule has 2 amide bonds. The molecule has 0 bridgehead atoms. The number of nitrogens with one attached hydrogen (secondary N) is 2. The number of aryl methyl sites for hydroxylation is 1. The molecule has 0 radical (unpaired) electrons. The van der Waals surface area contributed by atoms with Gasteiger partial charge in [-0.05, 0) is 43.9 Å². The zero-order valence-electron chi connectivity index (χ0n) is 12.3. The van der Waals surface area contributed by atoms with Gasteiger partial charge in [0, 0.05) is 30.3 Å². The molecular formula is C15H22ClN3O2. The van der Waals surface area contributed by atoms with E-state index in [1.54, 1.807) is 19.2 Å². The summed E-state index contributed by atoms with van der Waals surface area (Å²) < 4.78 is 0. The second-order valence-corrected chi connectivity index (χ2v) is 5.37. The molecule has 2 rings (SSSR count). The second-order valence-electron chi connectivity index (χ2n) is 5.37. The van der Waals surface area contributed by atoms with E-state index in [0.717, 1.165) is 24.8 Å². The lowest BCUT2D eigenvalue weighted by molar-refractivity contribution is -0.119. The first kappa shape index (κ1) is 17.5. The molecule has 1 aromatic rings. The van der Waals surface area contributed by atoms with E-state index >= 15 is 0 Å². The maximum atomic E-state index is 12.2. The lowest BCUT2D eigenvalue weighted by Gasteiger charge is -2.13. The minimum Gasteiger partial charge on any atom is -0.355 e. The Hall–Kier alpha value is -1.59. The highest BCUT2D eigenvalue weighted by Gasteiger charge is 2.28. The number of halogens is 1. The first-order valence-electron chi connectivity index (χ1n) is 6.90. The highest BCUT2D eigenvalue weighted by molar-refractivity contribution is 5.98. The van der Waals surface area contributed by atoms with Crippen molar-refractivity contribution in [1.82, 2.24) is 5.32 Å². The molecule has 2 unspecified atom stereocenters. The molecule has 2 atom stereocenters. The summed E-state index contributed by atoms with van der Waals surface area (Å²) in [6.45, 7) is 1.91. The molecule has 6 heteroatoms. The summed E-state index contributed by atoms with van der Waals surface area (Å²) in [6, 6.07) is 5.42. The van der Waals surface area contributed by atoms with Gasteiger partial charge in [-0.2, -0.15) is 0 Å². The van der Waals surface area contributed by atoms with Crippen molar-refractivity contribution in [3.8, 4) is 0 Å². The largest absolute Gasteiger partial charge is 0.355 e. The van der Waals surface area contributed by atoms with Gasteiger partial charge in [0.1, 0.15) is 0 Å². The average molecular weight is 312 g/mol. The van der Waals surface area contributed by atoms with Gasteiger partial charge in [0.2, 0.25) is 5.91 Å². The van der Waals surface area contributed by atoms with Crippen LogP contribution < -0.4 is 16.4 Å². The maximum Gasteiger partial charge on any atom is 0.251 e. The third-order valence-corrected chi connectivity index (χ3v) is 3.83. The van der Waals surface area contributed by atoms with Crippen LogP contribution in [0.1, 0.15) is 35.2 Å². The van der Waals surface area contributed by atoms with E-state index in [4.69, 9.17) is 5.73 Å². The fourth-order valence-corrected chi connectivity index (χ4v) is 2.53. The normalized spacial score (nSPS) is 20.5. The van der Waals surface area contributed by atoms with Gasteiger partial charge in [-0.1, -0.05) is 6.07 Å². The molecule has 1 aliphatic rings. The van der Waals surface area contributed by atoms with Crippen LogP contribution in [0.4, 0.5) is 5.69 Å². The van der Waals surface area contributed by atoms with Crippen molar-refractivity contribution in [2.75, 3.05) is 12.4 Å². The molecule has 4 N–H and O–H groups in total. The number of anilines is 1. The van der Waals surface area contributed by atoms with Gasteiger partial charge in [0.05, 0.1) is 0 Å². The Labute approximate surface area is 131 Å². The summed E-state index contributed by atoms with van der Waals surface area (Å²) in [5.41, 5.74) is 8.00. The molecule has 1 aromatic carbocycles. The Balaban J connectivity index is 0.00000220. The molecule has 1 fully saturated rings. The average Bonchev–Trinajstić information content (AvgIpc) is 2.87. The summed E-state index contributed by atoms with van der Waals surface area (Å²) in [5, 5.41) is 5.49. The highest BCUT2D eigenvalue weighted by atomic mass is 35.5. The summed E-state index contributed by atoms with van der Waals surface area (Å²) in [4.78, 5) is 23.8. The van der Waals surface area contributed by atoms with Crippen LogP contribution in [-0.2, 0) is 4.79 Å². The van der Waals surface area contributed by atoms with Gasteiger partial charge < -0.3 is 16.4 Å². The summed E-state index contributed by atoms with van der Waals surface area (Å²) in [5.74, 6) is -0.188. The molecule has 0 aliphatic heterocycles. The van der Waals surface area contributed by atoms with E-state index in [-0.39, 0.29) is 36.2 Å². The van der Waals surface area contributed by atoms with Crippen LogP contribution in [0, 0.1) is 12.8 Å². The monoisotopic (exact) mass is 311 g/mol. The zero-order chi connectivity index (χ0) is 14.7. The highest BCUT2D eigenvalue weighted by Crippen LogP contribution is 2.26. The van der Waals surface area contributed by atoms with Crippen LogP contribution in [0.15, 0.2) is 18.2 Å². The zero-order valence-corrected chi connectivity index (χ0v) is 13.1. The van der Waals surface area contributed by atoms with Crippen molar-refractivity contribution >= 4 is 29.9 Å². The first-order valence-corrected chi connectivity index (χ1v) is 6.90. The van der Waals surface area contributed by atoms with Gasteiger partial charge in [-0.3, -0.25) is 9.59 Å². The van der Waals surface area contributed by atoms with Crippen LogP contribution >= 0.6 is 12.4 Å². The number of hydrogen-bond donors (Lipinski definition) is 3. The number of nitrogens with two attached hydrogens (primary N) is 1. The predicted octanol–water partition coefficient (Wildman–Crippen LogP) is 1.84. The third kappa shape index (κ3) is 4.19. The summed E-state index contributed by atoms with van der Waals surface area (Å²) in [7, 11) is 1.58. The van der Waals surface area contributed by atoms with Crippen molar-refractivity contribution in [2.45, 2.75) is 32.2 Å². The van der Waals surface area contributed by atoms with Crippen LogP contribution in [-0.4, -0.2) is 24.9 Å². The van der Waals surface area contributed by atoms with Gasteiger partial charge in [-0.15, -0.1) is 12.4 Å². The van der Waals surface area contributed by atoms with Gasteiger partial charge >= 0.3 is 0 Å². The number of benzene rings is 1. The Morgan fingerprint density at radius 2 is 2.00 bits per heavy atom. The number of carbonyl (C=O) groups excluding carboxylic acids is 2. The number of carbonyl (C=O) groups is 2. The molecule has 0 heterocycles. The minimum absolute atomic E-state index is 0. The maximum absolute atomic E-state index is 12.2. The van der Waals surface area contributed by atoms with Gasteiger partial charge in [-0.25, -0.2) is 0 Å². The van der Waals surface area contributed by atoms with Crippen molar-refractivity contribution in [2.24, 2.45) is 11.7 Å². The Morgan fingerprint density at radius 3 is 2.57 bits per heavy atom. The fraction of sp³-hybridized carbons (Fsp3) is 0.467. The molecule has 0 aromatic heterocycles. The predicted molar refractivity (Wildman–Crippen MR) is 85.8 cm³/mol. The SMILES string of the molecule is CNC(=O)c1ccc(C)c(NC(=O)C2CCC(N)C2)c1.Cl. The lowest BCUT2D eigenvalue weighted by Crippen LogP contribution is -2.24. The van der Waals surface area contributed by atoms with Crippen molar-refractivity contribution in [3.05, 3.63) is 29.3 Å². The van der Waals surface area contributed by atoms with Crippen molar-refractivity contribution < 1.29 is 9.59 Å². The molecular weight excluding hydrogens is 290 g/mol. The minimum atomic E-state index is -0.164. The van der Waals surface area contributed by atoms with Gasteiger partial charge in [0.15, 0.2) is 0 Å². The number of amides is 2. The smallest absolute Gasteiger partial charge is 0.251 e. The van der Waals surface area contributed by atoms with Gasteiger partial charge in [0.25, 0.3) is 5.91 Å². The standard InChI is InChI=1S/C15H21N3O2.ClH/c1-9-3-4-11(14(19)17-2)8-13(9)18-15(20)10-5-6-12(16)7-10;/h3-4,8,10,12H,5-7,16H2,1-2H3,(H,17,19)(H,18,20);1H. The Morgan fingerprint density at radius 1 is 1.29 bits per heavy atom. The van der Waals surface area contributed by atoms with E-state index in [2.05, 4.69) is 10.6 Å². The van der Waals surface area contributed by atoms with Crippen LogP contribution in [0.25, 0.3) is 0 Å². The van der Waals surface area contributed by atoms with Crippen molar-refractivity contribution in [1.29, 1.82) is 0 Å². The summed E-state index contributed by atoms with van der Waals surface area (Å²) in [6.07, 6.45) is 2.47. The topological polar surface area (TPSA) is 84.2 Å². The Kier molecular flexibility index (Phi) is 6.18. The number of hydrogen-bond acceptors (Lipinski definition) is 3. The quantitative estimate of drug-likeness (QED) is 0.796. The van der Waals surface area contributed by atoms with Crippen LogP contribution in [0.3, 0.4) is 0 Å². The lowest BCUT2D eigenvalue weighted by atomic mass is 10.1. The molecule has 0 spiro atoms. The third-order valence-electron chi connectivity index (χ3n) is 3.83. The first-order chi connectivity index (χ1) is 9.51. The summed E-state index contributed by atoms with van der Waals surface area (Å²) >= 11 is 0. The molecule has 0 saturated heterocycles. The molecule has 116 valence electrons. The van der Waals surface area contributed by atoms with E-state index in [1.165, 1.54) is 0 Å². The molecule has 21 heavy (non-hydrogen) atoms. The Bertz CT molecular complexity index is 534. The van der Waals surface area contributed by atoms with E-state index in [9.17, 15) is 9.59 Å². The molecule has 1 saturated carbocycles. The molecule has 5 nitrogen and oxygen atoms in total. The van der Waals surface area contributed by atoms with E-state index in [1.807, 2.05) is 13.0 Å². The van der Waals surface area contributed by atoms with Crippen LogP contribution in [0.2, 0.25) is 0 Å².